The summed E-state index contributed by atoms with van der Waals surface area (Å²) in [5.74, 6) is 2.62. The first-order valence-electron chi connectivity index (χ1n) is 8.72. The van der Waals surface area contributed by atoms with E-state index in [0.717, 1.165) is 25.1 Å². The highest BCUT2D eigenvalue weighted by Crippen LogP contribution is 2.30. The van der Waals surface area contributed by atoms with Gasteiger partial charge in [0.15, 0.2) is 23.9 Å². The highest BCUT2D eigenvalue weighted by atomic mass is 16.5. The Morgan fingerprint density at radius 3 is 2.72 bits per heavy atom. The molecule has 1 aromatic carbocycles. The minimum atomic E-state index is -0.0862. The summed E-state index contributed by atoms with van der Waals surface area (Å²) in [5, 5.41) is 7.10. The highest BCUT2D eigenvalue weighted by molar-refractivity contribution is 5.78. The molecule has 0 radical (unpaired) electrons. The minimum Gasteiger partial charge on any atom is -0.490 e. The number of aryl methyl sites for hydroxylation is 1. The van der Waals surface area contributed by atoms with Crippen molar-refractivity contribution < 1.29 is 14.3 Å². The van der Waals surface area contributed by atoms with Crippen LogP contribution in [0, 0.1) is 6.92 Å². The Hall–Kier alpha value is -2.57. The maximum atomic E-state index is 12.7. The van der Waals surface area contributed by atoms with Gasteiger partial charge >= 0.3 is 0 Å². The average molecular weight is 344 g/mol. The predicted molar refractivity (Wildman–Crippen MR) is 92.5 cm³/mol. The van der Waals surface area contributed by atoms with Crippen molar-refractivity contribution in [2.75, 3.05) is 19.8 Å². The summed E-state index contributed by atoms with van der Waals surface area (Å²) in [6.07, 6.45) is 2.93. The number of amides is 1. The first kappa shape index (κ1) is 17.3. The van der Waals surface area contributed by atoms with Crippen LogP contribution in [-0.4, -0.2) is 45.7 Å². The number of piperidine rings is 1. The summed E-state index contributed by atoms with van der Waals surface area (Å²) in [7, 11) is 0. The van der Waals surface area contributed by atoms with Crippen LogP contribution in [0.5, 0.6) is 11.5 Å². The Labute approximate surface area is 147 Å². The van der Waals surface area contributed by atoms with Crippen LogP contribution in [0.3, 0.4) is 0 Å². The van der Waals surface area contributed by atoms with Gasteiger partial charge in [-0.05, 0) is 45.2 Å². The molecule has 1 atom stereocenters. The molecule has 134 valence electrons. The zero-order valence-corrected chi connectivity index (χ0v) is 14.7. The molecule has 1 amide bonds. The van der Waals surface area contributed by atoms with Gasteiger partial charge in [-0.25, -0.2) is 4.98 Å². The second-order valence-corrected chi connectivity index (χ2v) is 6.05. The van der Waals surface area contributed by atoms with Crippen LogP contribution in [0.2, 0.25) is 0 Å². The second-order valence-electron chi connectivity index (χ2n) is 6.05. The summed E-state index contributed by atoms with van der Waals surface area (Å²) >= 11 is 0. The maximum absolute atomic E-state index is 12.7. The number of likely N-dealkylation sites (tertiary alicyclic amines) is 1. The number of benzene rings is 1. The Bertz CT molecular complexity index is 716. The maximum Gasteiger partial charge on any atom is 0.261 e. The Balaban J connectivity index is 1.67. The molecule has 0 spiro atoms. The molecule has 2 heterocycles. The van der Waals surface area contributed by atoms with E-state index in [1.54, 1.807) is 0 Å². The lowest BCUT2D eigenvalue weighted by Crippen LogP contribution is -2.41. The molecule has 7 nitrogen and oxygen atoms in total. The first-order chi connectivity index (χ1) is 12.2. The molecule has 1 aliphatic rings. The fourth-order valence-electron chi connectivity index (χ4n) is 3.07. The fourth-order valence-corrected chi connectivity index (χ4v) is 3.07. The van der Waals surface area contributed by atoms with Gasteiger partial charge in [-0.1, -0.05) is 12.1 Å². The van der Waals surface area contributed by atoms with Gasteiger partial charge in [0.05, 0.1) is 12.6 Å². The summed E-state index contributed by atoms with van der Waals surface area (Å²) in [4.78, 5) is 19.0. The third-order valence-electron chi connectivity index (χ3n) is 4.24. The number of carbonyl (C=O) groups is 1. The van der Waals surface area contributed by atoms with Crippen molar-refractivity contribution in [3.05, 3.63) is 35.9 Å². The van der Waals surface area contributed by atoms with Crippen molar-refractivity contribution in [2.24, 2.45) is 0 Å². The molecule has 3 rings (SSSR count). The molecule has 25 heavy (non-hydrogen) atoms. The van der Waals surface area contributed by atoms with E-state index in [4.69, 9.17) is 9.47 Å². The van der Waals surface area contributed by atoms with Crippen molar-refractivity contribution in [2.45, 2.75) is 39.2 Å². The number of ether oxygens (including phenoxy) is 2. The zero-order valence-electron chi connectivity index (χ0n) is 14.7. The number of aromatic amines is 1. The monoisotopic (exact) mass is 344 g/mol. The minimum absolute atomic E-state index is 0.0238. The van der Waals surface area contributed by atoms with Gasteiger partial charge in [0.2, 0.25) is 0 Å². The Morgan fingerprint density at radius 2 is 2.04 bits per heavy atom. The predicted octanol–water partition coefficient (Wildman–Crippen LogP) is 2.64. The van der Waals surface area contributed by atoms with E-state index in [0.29, 0.717) is 30.5 Å². The van der Waals surface area contributed by atoms with E-state index in [-0.39, 0.29) is 18.6 Å². The van der Waals surface area contributed by atoms with Crippen LogP contribution in [-0.2, 0) is 4.79 Å². The van der Waals surface area contributed by atoms with Crippen molar-refractivity contribution in [1.29, 1.82) is 0 Å². The molecular formula is C18H24N4O3. The molecule has 0 aliphatic carbocycles. The van der Waals surface area contributed by atoms with Crippen molar-refractivity contribution >= 4 is 5.91 Å². The molecule has 0 saturated carbocycles. The van der Waals surface area contributed by atoms with Crippen molar-refractivity contribution in [3.63, 3.8) is 0 Å². The van der Waals surface area contributed by atoms with Gasteiger partial charge in [-0.15, -0.1) is 0 Å². The molecule has 2 aromatic rings. The fraction of sp³-hybridized carbons (Fsp3) is 0.500. The van der Waals surface area contributed by atoms with E-state index in [2.05, 4.69) is 15.2 Å². The number of para-hydroxylation sites is 2. The quantitative estimate of drug-likeness (QED) is 0.871. The molecule has 1 fully saturated rings. The van der Waals surface area contributed by atoms with Gasteiger partial charge in [0, 0.05) is 6.54 Å². The van der Waals surface area contributed by atoms with E-state index < -0.39 is 0 Å². The smallest absolute Gasteiger partial charge is 0.261 e. The van der Waals surface area contributed by atoms with E-state index in [9.17, 15) is 4.79 Å². The number of rotatable bonds is 6. The number of nitrogens with one attached hydrogen (secondary N) is 1. The molecule has 1 aliphatic heterocycles. The van der Waals surface area contributed by atoms with E-state index in [1.807, 2.05) is 43.0 Å². The SMILES string of the molecule is CCOc1ccccc1OCC(=O)N1CCCCC1c1n[nH]c(C)n1. The van der Waals surface area contributed by atoms with Crippen LogP contribution in [0.15, 0.2) is 24.3 Å². The lowest BCUT2D eigenvalue weighted by molar-refractivity contribution is -0.137. The third-order valence-corrected chi connectivity index (χ3v) is 4.24. The lowest BCUT2D eigenvalue weighted by Gasteiger charge is -2.34. The molecule has 7 heteroatoms. The number of H-pyrrole nitrogens is 1. The normalized spacial score (nSPS) is 17.4. The number of nitrogens with zero attached hydrogens (tertiary/aromatic N) is 3. The molecule has 1 saturated heterocycles. The lowest BCUT2D eigenvalue weighted by atomic mass is 10.0. The van der Waals surface area contributed by atoms with E-state index in [1.165, 1.54) is 0 Å². The Kier molecular flexibility index (Phi) is 5.53. The largest absolute Gasteiger partial charge is 0.490 e. The Morgan fingerprint density at radius 1 is 1.28 bits per heavy atom. The van der Waals surface area contributed by atoms with E-state index >= 15 is 0 Å². The van der Waals surface area contributed by atoms with Gasteiger partial charge in [0.1, 0.15) is 5.82 Å². The zero-order chi connectivity index (χ0) is 17.6. The highest BCUT2D eigenvalue weighted by Gasteiger charge is 2.30. The summed E-state index contributed by atoms with van der Waals surface area (Å²) in [6.45, 7) is 5.00. The van der Waals surface area contributed by atoms with Gasteiger partial charge in [-0.3, -0.25) is 9.89 Å². The number of carbonyl (C=O) groups excluding carboxylic acids is 1. The topological polar surface area (TPSA) is 80.3 Å². The summed E-state index contributed by atoms with van der Waals surface area (Å²) in [5.41, 5.74) is 0. The molecule has 0 bridgehead atoms. The van der Waals surface area contributed by atoms with Gasteiger partial charge < -0.3 is 14.4 Å². The van der Waals surface area contributed by atoms with Crippen LogP contribution >= 0.6 is 0 Å². The standard InChI is InChI=1S/C18H24N4O3/c1-3-24-15-9-4-5-10-16(15)25-12-17(23)22-11-7-6-8-14(22)18-19-13(2)20-21-18/h4-5,9-10,14H,3,6-8,11-12H2,1-2H3,(H,19,20,21). The summed E-state index contributed by atoms with van der Waals surface area (Å²) < 4.78 is 11.3. The first-order valence-corrected chi connectivity index (χ1v) is 8.72. The van der Waals surface area contributed by atoms with Crippen LogP contribution < -0.4 is 9.47 Å². The van der Waals surface area contributed by atoms with Gasteiger partial charge in [-0.2, -0.15) is 5.10 Å². The van der Waals surface area contributed by atoms with Crippen molar-refractivity contribution in [3.8, 4) is 11.5 Å². The molecular weight excluding hydrogens is 320 g/mol. The van der Waals surface area contributed by atoms with Crippen LogP contribution in [0.4, 0.5) is 0 Å². The van der Waals surface area contributed by atoms with Crippen LogP contribution in [0.25, 0.3) is 0 Å². The number of aromatic nitrogens is 3. The van der Waals surface area contributed by atoms with Crippen molar-refractivity contribution in [1.82, 2.24) is 20.1 Å². The average Bonchev–Trinajstić information content (AvgIpc) is 3.07. The van der Waals surface area contributed by atoms with Gasteiger partial charge in [0.25, 0.3) is 5.91 Å². The molecule has 1 aromatic heterocycles. The number of hydrogen-bond acceptors (Lipinski definition) is 5. The number of hydrogen-bond donors (Lipinski definition) is 1. The summed E-state index contributed by atoms with van der Waals surface area (Å²) in [6, 6.07) is 7.31. The second kappa shape index (κ2) is 8.00. The van der Waals surface area contributed by atoms with Crippen LogP contribution in [0.1, 0.15) is 43.9 Å². The third kappa shape index (κ3) is 4.10. The molecule has 1 unspecified atom stereocenters. The molecule has 1 N–H and O–H groups in total.